The SMILES string of the molecule is Cc1ccc([C@@H](NC(=O)C2CCN(S(=O)(=O)c3ccc(F)cc3)CC2)c2ccccc2)cc1. The lowest BCUT2D eigenvalue weighted by molar-refractivity contribution is -0.126. The molecule has 0 spiro atoms. The van der Waals surface area contributed by atoms with Crippen LogP contribution in [0.25, 0.3) is 0 Å². The maximum absolute atomic E-state index is 13.2. The summed E-state index contributed by atoms with van der Waals surface area (Å²) in [7, 11) is -3.71. The van der Waals surface area contributed by atoms with Gasteiger partial charge in [-0.1, -0.05) is 60.2 Å². The van der Waals surface area contributed by atoms with Crippen molar-refractivity contribution >= 4 is 15.9 Å². The number of nitrogens with one attached hydrogen (secondary N) is 1. The van der Waals surface area contributed by atoms with Crippen molar-refractivity contribution in [1.29, 1.82) is 0 Å². The second-order valence-corrected chi connectivity index (χ2v) is 10.3. The average Bonchev–Trinajstić information content (AvgIpc) is 2.84. The molecular formula is C26H27FN2O3S. The van der Waals surface area contributed by atoms with Crippen LogP contribution in [0.5, 0.6) is 0 Å². The van der Waals surface area contributed by atoms with Crippen molar-refractivity contribution < 1.29 is 17.6 Å². The fraction of sp³-hybridized carbons (Fsp3) is 0.269. The number of hydrogen-bond donors (Lipinski definition) is 1. The van der Waals surface area contributed by atoms with Crippen LogP contribution in [-0.4, -0.2) is 31.7 Å². The fourth-order valence-corrected chi connectivity index (χ4v) is 5.61. The molecule has 1 amide bonds. The van der Waals surface area contributed by atoms with Crippen LogP contribution >= 0.6 is 0 Å². The van der Waals surface area contributed by atoms with Crippen LogP contribution in [0.1, 0.15) is 35.6 Å². The molecule has 0 aromatic heterocycles. The van der Waals surface area contributed by atoms with Crippen molar-refractivity contribution in [2.75, 3.05) is 13.1 Å². The molecule has 0 aliphatic carbocycles. The molecule has 1 aliphatic heterocycles. The monoisotopic (exact) mass is 466 g/mol. The molecule has 4 rings (SSSR count). The van der Waals surface area contributed by atoms with Gasteiger partial charge in [0.05, 0.1) is 10.9 Å². The molecular weight excluding hydrogens is 439 g/mol. The van der Waals surface area contributed by atoms with E-state index in [4.69, 9.17) is 0 Å². The molecule has 0 unspecified atom stereocenters. The van der Waals surface area contributed by atoms with Gasteiger partial charge in [0.1, 0.15) is 5.82 Å². The first-order chi connectivity index (χ1) is 15.8. The molecule has 1 saturated heterocycles. The van der Waals surface area contributed by atoms with Crippen LogP contribution in [0.15, 0.2) is 83.8 Å². The lowest BCUT2D eigenvalue weighted by Gasteiger charge is -2.31. The lowest BCUT2D eigenvalue weighted by atomic mass is 9.94. The first-order valence-electron chi connectivity index (χ1n) is 11.0. The fourth-order valence-electron chi connectivity index (χ4n) is 4.14. The highest BCUT2D eigenvalue weighted by atomic mass is 32.2. The van der Waals surface area contributed by atoms with Crippen molar-refractivity contribution in [2.45, 2.75) is 30.7 Å². The molecule has 1 fully saturated rings. The Balaban J connectivity index is 1.45. The zero-order valence-electron chi connectivity index (χ0n) is 18.4. The third-order valence-corrected chi connectivity index (χ3v) is 8.02. The van der Waals surface area contributed by atoms with Gasteiger partial charge in [0.15, 0.2) is 0 Å². The summed E-state index contributed by atoms with van der Waals surface area (Å²) in [6, 6.07) is 22.4. The van der Waals surface area contributed by atoms with Crippen molar-refractivity contribution in [3.05, 3.63) is 101 Å². The van der Waals surface area contributed by atoms with E-state index in [0.717, 1.165) is 28.8 Å². The van der Waals surface area contributed by atoms with Crippen molar-refractivity contribution in [2.24, 2.45) is 5.92 Å². The zero-order chi connectivity index (χ0) is 23.4. The summed E-state index contributed by atoms with van der Waals surface area (Å²) in [6.45, 7) is 2.52. The number of aryl methyl sites for hydroxylation is 1. The second-order valence-electron chi connectivity index (χ2n) is 8.40. The molecule has 33 heavy (non-hydrogen) atoms. The van der Waals surface area contributed by atoms with Crippen LogP contribution < -0.4 is 5.32 Å². The summed E-state index contributed by atoms with van der Waals surface area (Å²) in [5.41, 5.74) is 3.13. The van der Waals surface area contributed by atoms with Gasteiger partial charge in [-0.05, 0) is 55.2 Å². The Hall–Kier alpha value is -3.03. The largest absolute Gasteiger partial charge is 0.345 e. The molecule has 3 aromatic carbocycles. The number of halogens is 1. The third-order valence-electron chi connectivity index (χ3n) is 6.11. The van der Waals surface area contributed by atoms with Gasteiger partial charge >= 0.3 is 0 Å². The van der Waals surface area contributed by atoms with Crippen molar-refractivity contribution in [3.8, 4) is 0 Å². The normalized spacial score (nSPS) is 16.3. The Bertz CT molecular complexity index is 1190. The second kappa shape index (κ2) is 9.85. The molecule has 172 valence electrons. The Labute approximate surface area is 194 Å². The molecule has 0 radical (unpaired) electrons. The van der Waals surface area contributed by atoms with Gasteiger partial charge in [0.25, 0.3) is 0 Å². The highest BCUT2D eigenvalue weighted by Crippen LogP contribution is 2.27. The van der Waals surface area contributed by atoms with E-state index >= 15 is 0 Å². The number of amides is 1. The molecule has 5 nitrogen and oxygen atoms in total. The van der Waals surface area contributed by atoms with E-state index in [1.165, 1.54) is 16.4 Å². The van der Waals surface area contributed by atoms with Gasteiger partial charge < -0.3 is 5.32 Å². The van der Waals surface area contributed by atoms with Crippen molar-refractivity contribution in [1.82, 2.24) is 9.62 Å². The summed E-state index contributed by atoms with van der Waals surface area (Å²) in [5.74, 6) is -0.838. The van der Waals surface area contributed by atoms with Crippen LogP contribution in [-0.2, 0) is 14.8 Å². The molecule has 1 aliphatic rings. The molecule has 7 heteroatoms. The zero-order valence-corrected chi connectivity index (χ0v) is 19.3. The van der Waals surface area contributed by atoms with Gasteiger partial charge in [0, 0.05) is 19.0 Å². The van der Waals surface area contributed by atoms with Gasteiger partial charge in [-0.3, -0.25) is 4.79 Å². The first-order valence-corrected chi connectivity index (χ1v) is 12.5. The summed E-state index contributed by atoms with van der Waals surface area (Å²) in [6.07, 6.45) is 0.864. The lowest BCUT2D eigenvalue weighted by Crippen LogP contribution is -2.43. The molecule has 3 aromatic rings. The van der Waals surface area contributed by atoms with E-state index in [-0.39, 0.29) is 35.9 Å². The first kappa shape index (κ1) is 23.1. The van der Waals surface area contributed by atoms with Crippen molar-refractivity contribution in [3.63, 3.8) is 0 Å². The number of nitrogens with zero attached hydrogens (tertiary/aromatic N) is 1. The predicted octanol–water partition coefficient (Wildman–Crippen LogP) is 4.44. The molecule has 1 atom stereocenters. The van der Waals surface area contributed by atoms with Crippen LogP contribution in [0, 0.1) is 18.7 Å². The van der Waals surface area contributed by atoms with E-state index in [9.17, 15) is 17.6 Å². The predicted molar refractivity (Wildman–Crippen MR) is 125 cm³/mol. The molecule has 1 N–H and O–H groups in total. The third kappa shape index (κ3) is 5.31. The number of carbonyl (C=O) groups excluding carboxylic acids is 1. The number of piperidine rings is 1. The minimum absolute atomic E-state index is 0.0651. The number of carbonyl (C=O) groups is 1. The quantitative estimate of drug-likeness (QED) is 0.584. The Morgan fingerprint density at radius 3 is 2.09 bits per heavy atom. The maximum Gasteiger partial charge on any atom is 0.243 e. The van der Waals surface area contributed by atoms with E-state index < -0.39 is 15.8 Å². The molecule has 0 bridgehead atoms. The van der Waals surface area contributed by atoms with Gasteiger partial charge in [0.2, 0.25) is 15.9 Å². The minimum Gasteiger partial charge on any atom is -0.345 e. The topological polar surface area (TPSA) is 66.5 Å². The van der Waals surface area contributed by atoms with Gasteiger partial charge in [-0.25, -0.2) is 12.8 Å². The highest BCUT2D eigenvalue weighted by molar-refractivity contribution is 7.89. The number of rotatable bonds is 6. The van der Waals surface area contributed by atoms with Gasteiger partial charge in [-0.15, -0.1) is 0 Å². The summed E-state index contributed by atoms with van der Waals surface area (Å²) >= 11 is 0. The average molecular weight is 467 g/mol. The summed E-state index contributed by atoms with van der Waals surface area (Å²) in [5, 5.41) is 3.18. The maximum atomic E-state index is 13.2. The number of sulfonamides is 1. The minimum atomic E-state index is -3.71. The van der Waals surface area contributed by atoms with E-state index in [1.807, 2.05) is 61.5 Å². The smallest absolute Gasteiger partial charge is 0.243 e. The van der Waals surface area contributed by atoms with E-state index in [2.05, 4.69) is 5.32 Å². The van der Waals surface area contributed by atoms with E-state index in [1.54, 1.807) is 0 Å². The Morgan fingerprint density at radius 2 is 1.48 bits per heavy atom. The summed E-state index contributed by atoms with van der Waals surface area (Å²) in [4.78, 5) is 13.2. The highest BCUT2D eigenvalue weighted by Gasteiger charge is 2.33. The Morgan fingerprint density at radius 1 is 0.909 bits per heavy atom. The Kier molecular flexibility index (Phi) is 6.91. The van der Waals surface area contributed by atoms with Crippen LogP contribution in [0.4, 0.5) is 4.39 Å². The number of hydrogen-bond acceptors (Lipinski definition) is 3. The van der Waals surface area contributed by atoms with E-state index in [0.29, 0.717) is 12.8 Å². The molecule has 1 heterocycles. The standard InChI is InChI=1S/C26H27FN2O3S/c1-19-7-9-21(10-8-19)25(20-5-3-2-4-6-20)28-26(30)22-15-17-29(18-16-22)33(31,32)24-13-11-23(27)12-14-24/h2-14,22,25H,15-18H2,1H3,(H,28,30)/t25-/m0/s1. The summed E-state index contributed by atoms with van der Waals surface area (Å²) < 4.78 is 40.3. The van der Waals surface area contributed by atoms with Crippen LogP contribution in [0.3, 0.4) is 0 Å². The van der Waals surface area contributed by atoms with Crippen LogP contribution in [0.2, 0.25) is 0 Å². The molecule has 0 saturated carbocycles. The van der Waals surface area contributed by atoms with Gasteiger partial charge in [-0.2, -0.15) is 4.31 Å². The number of benzene rings is 3.